The van der Waals surface area contributed by atoms with Crippen LogP contribution in [0.4, 0.5) is 4.39 Å². The van der Waals surface area contributed by atoms with Gasteiger partial charge in [0.1, 0.15) is 5.67 Å². The second-order valence-corrected chi connectivity index (χ2v) is 4.55. The fourth-order valence-corrected chi connectivity index (χ4v) is 2.06. The molecule has 1 aromatic carbocycles. The second-order valence-electron chi connectivity index (χ2n) is 4.55. The smallest absolute Gasteiger partial charge is 0.414 e. The molecule has 20 heavy (non-hydrogen) atoms. The third-order valence-corrected chi connectivity index (χ3v) is 3.10. The highest BCUT2D eigenvalue weighted by atomic mass is 19.1. The van der Waals surface area contributed by atoms with Gasteiger partial charge in [0.2, 0.25) is 0 Å². The fourth-order valence-electron chi connectivity index (χ4n) is 2.06. The Bertz CT molecular complexity index is 430. The lowest BCUT2D eigenvalue weighted by Gasteiger charge is -2.23. The zero-order chi connectivity index (χ0) is 15.0. The van der Waals surface area contributed by atoms with Crippen molar-refractivity contribution in [2.45, 2.75) is 24.9 Å². The molecular weight excluding hydrogens is 265 g/mol. The average Bonchev–Trinajstić information content (AvgIpc) is 2.66. The van der Waals surface area contributed by atoms with Crippen LogP contribution in [0.1, 0.15) is 24.8 Å². The van der Waals surface area contributed by atoms with Crippen molar-refractivity contribution in [1.82, 2.24) is 5.32 Å². The summed E-state index contributed by atoms with van der Waals surface area (Å²) in [6, 6.07) is 9.54. The molecule has 1 fully saturated rings. The minimum Gasteiger partial charge on any atom is -0.473 e. The first-order chi connectivity index (χ1) is 9.46. The number of rotatable bonds is 1. The Kier molecular flexibility index (Phi) is 6.11. The minimum absolute atomic E-state index is 0.594. The molecule has 0 saturated carbocycles. The molecule has 0 aromatic heterocycles. The average molecular weight is 283 g/mol. The highest BCUT2D eigenvalue weighted by molar-refractivity contribution is 6.27. The van der Waals surface area contributed by atoms with Crippen LogP contribution in [0.3, 0.4) is 0 Å². The summed E-state index contributed by atoms with van der Waals surface area (Å²) < 4.78 is 14.5. The number of aliphatic carboxylic acids is 2. The predicted octanol–water partition coefficient (Wildman–Crippen LogP) is 1.78. The van der Waals surface area contributed by atoms with Gasteiger partial charge in [0.05, 0.1) is 0 Å². The van der Waals surface area contributed by atoms with Crippen molar-refractivity contribution >= 4 is 11.9 Å². The number of hydrogen-bond donors (Lipinski definition) is 3. The van der Waals surface area contributed by atoms with E-state index >= 15 is 0 Å². The number of alkyl halides is 1. The maximum absolute atomic E-state index is 14.5. The Morgan fingerprint density at radius 2 is 1.65 bits per heavy atom. The van der Waals surface area contributed by atoms with Crippen molar-refractivity contribution < 1.29 is 24.2 Å². The lowest BCUT2D eigenvalue weighted by molar-refractivity contribution is -0.159. The van der Waals surface area contributed by atoms with Gasteiger partial charge in [0.15, 0.2) is 0 Å². The van der Waals surface area contributed by atoms with E-state index in [1.807, 2.05) is 30.3 Å². The zero-order valence-electron chi connectivity index (χ0n) is 11.0. The molecule has 0 radical (unpaired) electrons. The van der Waals surface area contributed by atoms with Crippen LogP contribution < -0.4 is 5.32 Å². The van der Waals surface area contributed by atoms with Crippen molar-refractivity contribution in [3.05, 3.63) is 35.9 Å². The molecule has 2 rings (SSSR count). The van der Waals surface area contributed by atoms with E-state index in [2.05, 4.69) is 5.32 Å². The predicted molar refractivity (Wildman–Crippen MR) is 71.2 cm³/mol. The maximum Gasteiger partial charge on any atom is 0.414 e. The van der Waals surface area contributed by atoms with Gasteiger partial charge in [-0.15, -0.1) is 0 Å². The van der Waals surface area contributed by atoms with Gasteiger partial charge in [0, 0.05) is 0 Å². The summed E-state index contributed by atoms with van der Waals surface area (Å²) >= 11 is 0. The SMILES string of the molecule is FC1(c2ccccc2)CCCNCC1.O=C(O)C(=O)O. The maximum atomic E-state index is 14.5. The lowest BCUT2D eigenvalue weighted by atomic mass is 9.89. The Morgan fingerprint density at radius 3 is 2.20 bits per heavy atom. The van der Waals surface area contributed by atoms with Crippen LogP contribution in [0, 0.1) is 0 Å². The van der Waals surface area contributed by atoms with Crippen LogP contribution in [-0.2, 0) is 15.3 Å². The first-order valence-corrected chi connectivity index (χ1v) is 6.37. The van der Waals surface area contributed by atoms with Crippen LogP contribution in [-0.4, -0.2) is 35.2 Å². The molecule has 1 heterocycles. The summed E-state index contributed by atoms with van der Waals surface area (Å²) in [6.45, 7) is 1.73. The molecular formula is C14H18FNO4. The molecule has 6 heteroatoms. The first-order valence-electron chi connectivity index (χ1n) is 6.37. The quantitative estimate of drug-likeness (QED) is 0.684. The molecule has 0 bridgehead atoms. The number of hydrogen-bond acceptors (Lipinski definition) is 3. The van der Waals surface area contributed by atoms with E-state index in [0.717, 1.165) is 25.1 Å². The molecule has 5 nitrogen and oxygen atoms in total. The molecule has 1 saturated heterocycles. The van der Waals surface area contributed by atoms with Gasteiger partial charge in [0.25, 0.3) is 0 Å². The van der Waals surface area contributed by atoms with Gasteiger partial charge in [-0.2, -0.15) is 0 Å². The van der Waals surface area contributed by atoms with Crippen molar-refractivity contribution in [3.63, 3.8) is 0 Å². The Hall–Kier alpha value is -1.95. The topological polar surface area (TPSA) is 86.6 Å². The van der Waals surface area contributed by atoms with Gasteiger partial charge in [-0.3, -0.25) is 0 Å². The molecule has 0 spiro atoms. The molecule has 3 N–H and O–H groups in total. The summed E-state index contributed by atoms with van der Waals surface area (Å²) in [5.74, 6) is -3.65. The molecule has 1 unspecified atom stereocenters. The molecule has 1 aromatic rings. The Balaban J connectivity index is 0.000000286. The van der Waals surface area contributed by atoms with E-state index in [1.165, 1.54) is 0 Å². The van der Waals surface area contributed by atoms with Gasteiger partial charge >= 0.3 is 11.9 Å². The zero-order valence-corrected chi connectivity index (χ0v) is 11.0. The Labute approximate surface area is 116 Å². The van der Waals surface area contributed by atoms with Gasteiger partial charge in [-0.25, -0.2) is 14.0 Å². The summed E-state index contributed by atoms with van der Waals surface area (Å²) in [5.41, 5.74) is -0.270. The number of benzene rings is 1. The number of carboxylic acid groups (broad SMARTS) is 2. The summed E-state index contributed by atoms with van der Waals surface area (Å²) in [6.07, 6.45) is 2.16. The van der Waals surface area contributed by atoms with Crippen molar-refractivity contribution in [2.75, 3.05) is 13.1 Å². The number of carbonyl (C=O) groups is 2. The summed E-state index contributed by atoms with van der Waals surface area (Å²) in [4.78, 5) is 18.2. The highest BCUT2D eigenvalue weighted by Crippen LogP contribution is 2.35. The molecule has 1 atom stereocenters. The molecule has 0 aliphatic carbocycles. The van der Waals surface area contributed by atoms with Crippen molar-refractivity contribution in [2.24, 2.45) is 0 Å². The summed E-state index contributed by atoms with van der Waals surface area (Å²) in [7, 11) is 0. The highest BCUT2D eigenvalue weighted by Gasteiger charge is 2.31. The van der Waals surface area contributed by atoms with E-state index in [9.17, 15) is 4.39 Å². The second kappa shape index (κ2) is 7.59. The van der Waals surface area contributed by atoms with Crippen LogP contribution in [0.2, 0.25) is 0 Å². The van der Waals surface area contributed by atoms with E-state index in [0.29, 0.717) is 12.8 Å². The number of nitrogens with one attached hydrogen (secondary N) is 1. The van der Waals surface area contributed by atoms with E-state index in [4.69, 9.17) is 19.8 Å². The third-order valence-electron chi connectivity index (χ3n) is 3.10. The summed E-state index contributed by atoms with van der Waals surface area (Å²) in [5, 5.41) is 18.0. The van der Waals surface area contributed by atoms with E-state index < -0.39 is 17.6 Å². The normalized spacial score (nSPS) is 22.1. The van der Waals surface area contributed by atoms with Crippen LogP contribution in [0.15, 0.2) is 30.3 Å². The number of carboxylic acids is 2. The molecule has 0 amide bonds. The Morgan fingerprint density at radius 1 is 1.05 bits per heavy atom. The third kappa shape index (κ3) is 4.97. The monoisotopic (exact) mass is 283 g/mol. The molecule has 110 valence electrons. The van der Waals surface area contributed by atoms with Crippen LogP contribution in [0.25, 0.3) is 0 Å². The van der Waals surface area contributed by atoms with Crippen LogP contribution >= 0.6 is 0 Å². The molecule has 1 aliphatic rings. The molecule has 1 aliphatic heterocycles. The minimum atomic E-state index is -1.82. The van der Waals surface area contributed by atoms with E-state index in [-0.39, 0.29) is 0 Å². The van der Waals surface area contributed by atoms with Gasteiger partial charge in [-0.05, 0) is 37.9 Å². The van der Waals surface area contributed by atoms with Crippen molar-refractivity contribution in [3.8, 4) is 0 Å². The largest absolute Gasteiger partial charge is 0.473 e. The lowest BCUT2D eigenvalue weighted by Crippen LogP contribution is -2.22. The first kappa shape index (κ1) is 16.1. The van der Waals surface area contributed by atoms with Crippen LogP contribution in [0.5, 0.6) is 0 Å². The fraction of sp³-hybridized carbons (Fsp3) is 0.429. The van der Waals surface area contributed by atoms with Gasteiger partial charge < -0.3 is 15.5 Å². The van der Waals surface area contributed by atoms with Gasteiger partial charge in [-0.1, -0.05) is 30.3 Å². The standard InChI is InChI=1S/C12H16FN.C2H2O4/c13-12(7-4-9-14-10-8-12)11-5-2-1-3-6-11;3-1(4)2(5)6/h1-3,5-6,14H,4,7-10H2;(H,3,4)(H,5,6). The number of halogens is 1. The van der Waals surface area contributed by atoms with Crippen molar-refractivity contribution in [1.29, 1.82) is 0 Å². The van der Waals surface area contributed by atoms with E-state index in [1.54, 1.807) is 0 Å².